The summed E-state index contributed by atoms with van der Waals surface area (Å²) in [6, 6.07) is 0.848. The van der Waals surface area contributed by atoms with E-state index < -0.39 is 0 Å². The molecule has 1 N–H and O–H groups in total. The third-order valence-electron chi connectivity index (χ3n) is 5.10. The van der Waals surface area contributed by atoms with Crippen LogP contribution < -0.4 is 5.32 Å². The predicted octanol–water partition coefficient (Wildman–Crippen LogP) is 2.39. The van der Waals surface area contributed by atoms with E-state index in [1.807, 2.05) is 0 Å². The molecule has 3 fully saturated rings. The van der Waals surface area contributed by atoms with Gasteiger partial charge in [-0.25, -0.2) is 0 Å². The smallest absolute Gasteiger partial charge is 0.0309 e. The molecule has 1 aliphatic heterocycles. The normalized spacial score (nSPS) is 32.8. The lowest BCUT2D eigenvalue weighted by molar-refractivity contribution is 0.0662. The Balaban J connectivity index is 1.63. The van der Waals surface area contributed by atoms with Gasteiger partial charge in [-0.2, -0.15) is 0 Å². The van der Waals surface area contributed by atoms with Gasteiger partial charge in [0.25, 0.3) is 0 Å². The van der Waals surface area contributed by atoms with E-state index in [-0.39, 0.29) is 0 Å². The molecule has 3 aliphatic rings. The highest BCUT2D eigenvalue weighted by atomic mass is 15.2. The second kappa shape index (κ2) is 4.30. The number of nitrogens with one attached hydrogen (secondary N) is 1. The molecule has 1 atom stereocenters. The van der Waals surface area contributed by atoms with Crippen molar-refractivity contribution in [2.45, 2.75) is 63.5 Å². The molecule has 1 spiro atoms. The first-order valence-electron chi connectivity index (χ1n) is 7.28. The fourth-order valence-corrected chi connectivity index (χ4v) is 3.78. The molecule has 1 heterocycles. The quantitative estimate of drug-likeness (QED) is 0.772. The molecule has 0 radical (unpaired) electrons. The van der Waals surface area contributed by atoms with Crippen LogP contribution in [-0.2, 0) is 0 Å². The van der Waals surface area contributed by atoms with Crippen LogP contribution in [-0.4, -0.2) is 36.1 Å². The van der Waals surface area contributed by atoms with Crippen LogP contribution in [0.4, 0.5) is 0 Å². The van der Waals surface area contributed by atoms with Gasteiger partial charge in [0.15, 0.2) is 0 Å². The van der Waals surface area contributed by atoms with Gasteiger partial charge >= 0.3 is 0 Å². The highest BCUT2D eigenvalue weighted by molar-refractivity contribution is 4.99. The van der Waals surface area contributed by atoms with Gasteiger partial charge in [-0.15, -0.1) is 0 Å². The lowest BCUT2D eigenvalue weighted by atomic mass is 9.80. The molecule has 92 valence electrons. The molecule has 1 unspecified atom stereocenters. The van der Waals surface area contributed by atoms with Crippen LogP contribution in [0.15, 0.2) is 0 Å². The molecule has 0 bridgehead atoms. The minimum absolute atomic E-state index is 0.500. The summed E-state index contributed by atoms with van der Waals surface area (Å²) in [6.07, 6.45) is 10.1. The molecule has 16 heavy (non-hydrogen) atoms. The zero-order valence-electron chi connectivity index (χ0n) is 10.7. The Kier molecular flexibility index (Phi) is 2.97. The predicted molar refractivity (Wildman–Crippen MR) is 67.6 cm³/mol. The average Bonchev–Trinajstić information content (AvgIpc) is 3.13. The van der Waals surface area contributed by atoms with Gasteiger partial charge in [-0.05, 0) is 38.5 Å². The minimum atomic E-state index is 0.500. The number of piperazine rings is 1. The van der Waals surface area contributed by atoms with Crippen molar-refractivity contribution < 1.29 is 0 Å². The van der Waals surface area contributed by atoms with E-state index in [2.05, 4.69) is 17.1 Å². The Morgan fingerprint density at radius 3 is 2.62 bits per heavy atom. The zero-order valence-corrected chi connectivity index (χ0v) is 10.7. The van der Waals surface area contributed by atoms with Crippen LogP contribution in [0, 0.1) is 5.92 Å². The third-order valence-corrected chi connectivity index (χ3v) is 5.10. The summed E-state index contributed by atoms with van der Waals surface area (Å²) < 4.78 is 0. The number of hydrogen-bond acceptors (Lipinski definition) is 2. The minimum Gasteiger partial charge on any atom is -0.309 e. The average molecular weight is 222 g/mol. The first-order chi connectivity index (χ1) is 7.79. The van der Waals surface area contributed by atoms with Crippen molar-refractivity contribution in [2.24, 2.45) is 5.92 Å². The Labute approximate surface area is 99.8 Å². The number of nitrogens with zero attached hydrogens (tertiary/aromatic N) is 1. The maximum absolute atomic E-state index is 3.84. The van der Waals surface area contributed by atoms with E-state index in [9.17, 15) is 0 Å². The number of hydrogen-bond donors (Lipinski definition) is 1. The van der Waals surface area contributed by atoms with Crippen molar-refractivity contribution in [3.8, 4) is 0 Å². The van der Waals surface area contributed by atoms with Crippen molar-refractivity contribution in [2.75, 3.05) is 19.6 Å². The molecule has 0 aromatic heterocycles. The topological polar surface area (TPSA) is 15.3 Å². The van der Waals surface area contributed by atoms with E-state index in [0.717, 1.165) is 12.0 Å². The Morgan fingerprint density at radius 2 is 1.94 bits per heavy atom. The molecule has 2 nitrogen and oxygen atoms in total. The van der Waals surface area contributed by atoms with E-state index >= 15 is 0 Å². The van der Waals surface area contributed by atoms with Crippen molar-refractivity contribution in [3.63, 3.8) is 0 Å². The second-order valence-electron chi connectivity index (χ2n) is 6.32. The van der Waals surface area contributed by atoms with E-state index in [1.165, 1.54) is 64.6 Å². The van der Waals surface area contributed by atoms with Crippen molar-refractivity contribution in [1.29, 1.82) is 0 Å². The molecule has 0 amide bonds. The third kappa shape index (κ3) is 2.14. The van der Waals surface area contributed by atoms with Gasteiger partial charge < -0.3 is 5.32 Å². The van der Waals surface area contributed by atoms with Gasteiger partial charge in [0.2, 0.25) is 0 Å². The Hall–Kier alpha value is -0.0800. The number of rotatable bonds is 2. The summed E-state index contributed by atoms with van der Waals surface area (Å²) in [4.78, 5) is 2.78. The largest absolute Gasteiger partial charge is 0.309 e. The van der Waals surface area contributed by atoms with Crippen LogP contribution in [0.3, 0.4) is 0 Å². The maximum Gasteiger partial charge on any atom is 0.0309 e. The summed E-state index contributed by atoms with van der Waals surface area (Å²) in [6.45, 7) is 6.28. The summed E-state index contributed by atoms with van der Waals surface area (Å²) in [7, 11) is 0. The molecule has 2 saturated carbocycles. The van der Waals surface area contributed by atoms with Crippen LogP contribution in [0.2, 0.25) is 0 Å². The fourth-order valence-electron chi connectivity index (χ4n) is 3.78. The second-order valence-corrected chi connectivity index (χ2v) is 6.32. The summed E-state index contributed by atoms with van der Waals surface area (Å²) in [5.41, 5.74) is 0.500. The molecule has 2 aliphatic carbocycles. The molecule has 2 heteroatoms. The first-order valence-corrected chi connectivity index (χ1v) is 7.28. The van der Waals surface area contributed by atoms with E-state index in [0.29, 0.717) is 5.54 Å². The van der Waals surface area contributed by atoms with Gasteiger partial charge in [-0.3, -0.25) is 4.90 Å². The Bertz CT molecular complexity index is 236. The molecule has 1 saturated heterocycles. The molecular weight excluding hydrogens is 196 g/mol. The van der Waals surface area contributed by atoms with Gasteiger partial charge in [-0.1, -0.05) is 19.3 Å². The Morgan fingerprint density at radius 1 is 1.19 bits per heavy atom. The summed E-state index contributed by atoms with van der Waals surface area (Å²) in [5.74, 6) is 1.03. The van der Waals surface area contributed by atoms with Crippen molar-refractivity contribution in [3.05, 3.63) is 0 Å². The summed E-state index contributed by atoms with van der Waals surface area (Å²) >= 11 is 0. The monoisotopic (exact) mass is 222 g/mol. The van der Waals surface area contributed by atoms with Crippen LogP contribution >= 0.6 is 0 Å². The first kappa shape index (κ1) is 11.0. The van der Waals surface area contributed by atoms with Crippen LogP contribution in [0.25, 0.3) is 0 Å². The lowest BCUT2D eigenvalue weighted by Crippen LogP contribution is -2.62. The van der Waals surface area contributed by atoms with Crippen LogP contribution in [0.1, 0.15) is 51.9 Å². The molecule has 0 aromatic rings. The van der Waals surface area contributed by atoms with Gasteiger partial charge in [0.05, 0.1) is 0 Å². The molecule has 0 aromatic carbocycles. The fraction of sp³-hybridized carbons (Fsp3) is 1.00. The lowest BCUT2D eigenvalue weighted by Gasteiger charge is -2.48. The van der Waals surface area contributed by atoms with E-state index in [1.54, 1.807) is 0 Å². The van der Waals surface area contributed by atoms with Gasteiger partial charge in [0, 0.05) is 31.2 Å². The SMILES string of the molecule is CC(C1CC1)N1CCNC2(CCCCC2)C1. The zero-order chi connectivity index (χ0) is 11.0. The van der Waals surface area contributed by atoms with Crippen LogP contribution in [0.5, 0.6) is 0 Å². The highest BCUT2D eigenvalue weighted by Crippen LogP contribution is 2.38. The van der Waals surface area contributed by atoms with E-state index in [4.69, 9.17) is 0 Å². The highest BCUT2D eigenvalue weighted by Gasteiger charge is 2.40. The standard InChI is InChI=1S/C14H26N2/c1-12(13-5-6-13)16-10-9-15-14(11-16)7-3-2-4-8-14/h12-13,15H,2-11H2,1H3. The molecule has 3 rings (SSSR count). The summed E-state index contributed by atoms with van der Waals surface area (Å²) in [5, 5.41) is 3.84. The molecular formula is C14H26N2. The van der Waals surface area contributed by atoms with Gasteiger partial charge in [0.1, 0.15) is 0 Å². The van der Waals surface area contributed by atoms with Crippen molar-refractivity contribution in [1.82, 2.24) is 10.2 Å². The maximum atomic E-state index is 3.84. The van der Waals surface area contributed by atoms with Crippen molar-refractivity contribution >= 4 is 0 Å².